The van der Waals surface area contributed by atoms with Crippen molar-refractivity contribution in [2.75, 3.05) is 17.3 Å². The molecule has 0 spiro atoms. The standard InChI is InChI=1S/C18H21N3O2/c1-14-11-12-19-16(13-14)20-17(22)9-6-10-18(23)21(2)15-7-4-3-5-8-15/h3-5,7-8,11-13H,6,9-10H2,1-2H3,(H,19,20,22). The first-order valence-corrected chi connectivity index (χ1v) is 7.60. The van der Waals surface area contributed by atoms with E-state index in [0.29, 0.717) is 25.1 Å². The monoisotopic (exact) mass is 311 g/mol. The maximum absolute atomic E-state index is 12.1. The number of carbonyl (C=O) groups is 2. The Morgan fingerprint density at radius 2 is 1.87 bits per heavy atom. The van der Waals surface area contributed by atoms with E-state index in [9.17, 15) is 9.59 Å². The van der Waals surface area contributed by atoms with E-state index in [0.717, 1.165) is 11.3 Å². The van der Waals surface area contributed by atoms with Crippen LogP contribution in [0.25, 0.3) is 0 Å². The Morgan fingerprint density at radius 1 is 1.13 bits per heavy atom. The van der Waals surface area contributed by atoms with Gasteiger partial charge in [-0.3, -0.25) is 9.59 Å². The van der Waals surface area contributed by atoms with Crippen LogP contribution in [0.5, 0.6) is 0 Å². The summed E-state index contributed by atoms with van der Waals surface area (Å²) in [4.78, 5) is 29.7. The average Bonchev–Trinajstić information content (AvgIpc) is 2.55. The molecule has 1 N–H and O–H groups in total. The van der Waals surface area contributed by atoms with Crippen LogP contribution in [0.4, 0.5) is 11.5 Å². The van der Waals surface area contributed by atoms with Crippen molar-refractivity contribution in [3.8, 4) is 0 Å². The van der Waals surface area contributed by atoms with Crippen LogP contribution < -0.4 is 10.2 Å². The summed E-state index contributed by atoms with van der Waals surface area (Å²) in [6.45, 7) is 1.94. The fourth-order valence-electron chi connectivity index (χ4n) is 2.17. The minimum atomic E-state index is -0.127. The number of hydrogen-bond donors (Lipinski definition) is 1. The molecular weight excluding hydrogens is 290 g/mol. The number of nitrogens with zero attached hydrogens (tertiary/aromatic N) is 2. The fourth-order valence-corrected chi connectivity index (χ4v) is 2.17. The quantitative estimate of drug-likeness (QED) is 0.891. The van der Waals surface area contributed by atoms with Gasteiger partial charge in [0.2, 0.25) is 11.8 Å². The molecule has 1 heterocycles. The second kappa shape index (κ2) is 8.08. The molecule has 23 heavy (non-hydrogen) atoms. The first kappa shape index (κ1) is 16.7. The van der Waals surface area contributed by atoms with Crippen LogP contribution in [0.2, 0.25) is 0 Å². The van der Waals surface area contributed by atoms with Gasteiger partial charge in [0.25, 0.3) is 0 Å². The lowest BCUT2D eigenvalue weighted by Gasteiger charge is -2.17. The highest BCUT2D eigenvalue weighted by atomic mass is 16.2. The molecule has 0 radical (unpaired) electrons. The van der Waals surface area contributed by atoms with Crippen LogP contribution in [0.3, 0.4) is 0 Å². The molecule has 120 valence electrons. The number of amides is 2. The molecule has 0 saturated carbocycles. The molecule has 0 fully saturated rings. The Labute approximate surface area is 136 Å². The van der Waals surface area contributed by atoms with E-state index in [-0.39, 0.29) is 11.8 Å². The molecule has 0 aliphatic heterocycles. The summed E-state index contributed by atoms with van der Waals surface area (Å²) in [7, 11) is 1.74. The molecule has 1 aromatic heterocycles. The Bertz CT molecular complexity index is 671. The van der Waals surface area contributed by atoms with Crippen LogP contribution in [0, 0.1) is 6.92 Å². The number of para-hydroxylation sites is 1. The number of aryl methyl sites for hydroxylation is 1. The van der Waals surface area contributed by atoms with Crippen LogP contribution in [-0.2, 0) is 9.59 Å². The van der Waals surface area contributed by atoms with Crippen molar-refractivity contribution in [3.05, 3.63) is 54.2 Å². The maximum Gasteiger partial charge on any atom is 0.226 e. The molecule has 1 aromatic carbocycles. The number of pyridine rings is 1. The number of carbonyl (C=O) groups excluding carboxylic acids is 2. The van der Waals surface area contributed by atoms with Crippen molar-refractivity contribution < 1.29 is 9.59 Å². The topological polar surface area (TPSA) is 62.3 Å². The third-order valence-electron chi connectivity index (χ3n) is 3.50. The van der Waals surface area contributed by atoms with Gasteiger partial charge in [-0.05, 0) is 43.2 Å². The van der Waals surface area contributed by atoms with E-state index in [1.807, 2.05) is 49.4 Å². The smallest absolute Gasteiger partial charge is 0.226 e. The van der Waals surface area contributed by atoms with Crippen LogP contribution in [-0.4, -0.2) is 23.8 Å². The Morgan fingerprint density at radius 3 is 2.57 bits per heavy atom. The van der Waals surface area contributed by atoms with Crippen molar-refractivity contribution in [2.45, 2.75) is 26.2 Å². The predicted octanol–water partition coefficient (Wildman–Crippen LogP) is 3.16. The largest absolute Gasteiger partial charge is 0.316 e. The summed E-state index contributed by atoms with van der Waals surface area (Å²) in [5.74, 6) is 0.415. The summed E-state index contributed by atoms with van der Waals surface area (Å²) in [6.07, 6.45) is 2.79. The SMILES string of the molecule is Cc1ccnc(NC(=O)CCCC(=O)N(C)c2ccccc2)c1. The second-order valence-corrected chi connectivity index (χ2v) is 5.41. The first-order valence-electron chi connectivity index (χ1n) is 7.60. The lowest BCUT2D eigenvalue weighted by molar-refractivity contribution is -0.118. The lowest BCUT2D eigenvalue weighted by Crippen LogP contribution is -2.26. The average molecular weight is 311 g/mol. The van der Waals surface area contributed by atoms with Gasteiger partial charge in [-0.15, -0.1) is 0 Å². The third-order valence-corrected chi connectivity index (χ3v) is 3.50. The van der Waals surface area contributed by atoms with E-state index in [4.69, 9.17) is 0 Å². The number of anilines is 2. The highest BCUT2D eigenvalue weighted by Gasteiger charge is 2.11. The molecule has 0 unspecified atom stereocenters. The van der Waals surface area contributed by atoms with Crippen molar-refractivity contribution in [1.82, 2.24) is 4.98 Å². The normalized spacial score (nSPS) is 10.2. The zero-order valence-corrected chi connectivity index (χ0v) is 13.5. The zero-order valence-electron chi connectivity index (χ0n) is 13.5. The van der Waals surface area contributed by atoms with Crippen LogP contribution in [0.15, 0.2) is 48.7 Å². The van der Waals surface area contributed by atoms with E-state index in [1.165, 1.54) is 0 Å². The van der Waals surface area contributed by atoms with Gasteiger partial charge in [0.1, 0.15) is 5.82 Å². The van der Waals surface area contributed by atoms with Gasteiger partial charge in [0.15, 0.2) is 0 Å². The Kier molecular flexibility index (Phi) is 5.86. The molecular formula is C18H21N3O2. The fraction of sp³-hybridized carbons (Fsp3) is 0.278. The third kappa shape index (κ3) is 5.21. The molecule has 5 heteroatoms. The number of aromatic nitrogens is 1. The highest BCUT2D eigenvalue weighted by molar-refractivity contribution is 5.93. The van der Waals surface area contributed by atoms with Crippen molar-refractivity contribution in [1.29, 1.82) is 0 Å². The molecule has 0 aliphatic rings. The molecule has 0 atom stereocenters. The summed E-state index contributed by atoms with van der Waals surface area (Å²) in [5, 5.41) is 2.74. The van der Waals surface area contributed by atoms with Crippen LogP contribution >= 0.6 is 0 Å². The van der Waals surface area contributed by atoms with E-state index >= 15 is 0 Å². The van der Waals surface area contributed by atoms with Crippen molar-refractivity contribution >= 4 is 23.3 Å². The van der Waals surface area contributed by atoms with E-state index in [2.05, 4.69) is 10.3 Å². The van der Waals surface area contributed by atoms with E-state index in [1.54, 1.807) is 18.1 Å². The van der Waals surface area contributed by atoms with Crippen molar-refractivity contribution in [3.63, 3.8) is 0 Å². The molecule has 2 amide bonds. The summed E-state index contributed by atoms with van der Waals surface area (Å²) in [6, 6.07) is 13.1. The highest BCUT2D eigenvalue weighted by Crippen LogP contribution is 2.13. The summed E-state index contributed by atoms with van der Waals surface area (Å²) in [5.41, 5.74) is 1.89. The van der Waals surface area contributed by atoms with Gasteiger partial charge in [-0.1, -0.05) is 18.2 Å². The van der Waals surface area contributed by atoms with Gasteiger partial charge in [0.05, 0.1) is 0 Å². The maximum atomic E-state index is 12.1. The van der Waals surface area contributed by atoms with Gasteiger partial charge in [-0.25, -0.2) is 4.98 Å². The molecule has 0 saturated heterocycles. The minimum Gasteiger partial charge on any atom is -0.316 e. The van der Waals surface area contributed by atoms with Gasteiger partial charge < -0.3 is 10.2 Å². The number of hydrogen-bond acceptors (Lipinski definition) is 3. The number of nitrogens with one attached hydrogen (secondary N) is 1. The number of rotatable bonds is 6. The molecule has 2 aromatic rings. The second-order valence-electron chi connectivity index (χ2n) is 5.41. The van der Waals surface area contributed by atoms with E-state index < -0.39 is 0 Å². The summed E-state index contributed by atoms with van der Waals surface area (Å²) >= 11 is 0. The first-order chi connectivity index (χ1) is 11.1. The lowest BCUT2D eigenvalue weighted by atomic mass is 10.2. The molecule has 5 nitrogen and oxygen atoms in total. The minimum absolute atomic E-state index is 0.00215. The zero-order chi connectivity index (χ0) is 16.7. The Hall–Kier alpha value is -2.69. The summed E-state index contributed by atoms with van der Waals surface area (Å²) < 4.78 is 0. The van der Waals surface area contributed by atoms with Crippen molar-refractivity contribution in [2.24, 2.45) is 0 Å². The van der Waals surface area contributed by atoms with Gasteiger partial charge >= 0.3 is 0 Å². The molecule has 2 rings (SSSR count). The van der Waals surface area contributed by atoms with Crippen LogP contribution in [0.1, 0.15) is 24.8 Å². The Balaban J connectivity index is 1.76. The molecule has 0 bridgehead atoms. The van der Waals surface area contributed by atoms with Gasteiger partial charge in [0, 0.05) is 31.8 Å². The van der Waals surface area contributed by atoms with Gasteiger partial charge in [-0.2, -0.15) is 0 Å². The predicted molar refractivity (Wildman–Crippen MR) is 91.3 cm³/mol. The number of benzene rings is 1. The molecule has 0 aliphatic carbocycles.